The molecule has 1 aliphatic heterocycles. The number of hydrogen-bond acceptors (Lipinski definition) is 5. The quantitative estimate of drug-likeness (QED) is 0.395. The number of halogens is 1. The van der Waals surface area contributed by atoms with Gasteiger partial charge in [0.25, 0.3) is 5.24 Å². The Labute approximate surface area is 177 Å². The van der Waals surface area contributed by atoms with E-state index in [0.29, 0.717) is 12.4 Å². The number of unbranched alkanes of at least 4 members (excludes halogenated alkanes) is 1. The molecular formula is C21H22BrNO4S. The highest BCUT2D eigenvalue weighted by Crippen LogP contribution is 2.47. The Morgan fingerprint density at radius 2 is 1.96 bits per heavy atom. The van der Waals surface area contributed by atoms with Crippen molar-refractivity contribution >= 4 is 44.6 Å². The van der Waals surface area contributed by atoms with E-state index in [4.69, 9.17) is 9.47 Å². The fraction of sp³-hybridized carbons (Fsp3) is 0.333. The van der Waals surface area contributed by atoms with Crippen LogP contribution in [0.5, 0.6) is 5.75 Å². The maximum atomic E-state index is 12.9. The summed E-state index contributed by atoms with van der Waals surface area (Å²) in [6.07, 6.45) is 1.94. The van der Waals surface area contributed by atoms with Gasteiger partial charge in [0, 0.05) is 15.7 Å². The highest BCUT2D eigenvalue weighted by atomic mass is 79.9. The number of ether oxygens (including phenoxy) is 2. The van der Waals surface area contributed by atoms with Crippen molar-refractivity contribution in [1.82, 2.24) is 0 Å². The molecule has 1 heterocycles. The molecule has 7 heteroatoms. The average molecular weight is 464 g/mol. The molecule has 5 nitrogen and oxygen atoms in total. The highest BCUT2D eigenvalue weighted by Gasteiger charge is 2.48. The topological polar surface area (TPSA) is 55.8 Å². The summed E-state index contributed by atoms with van der Waals surface area (Å²) in [5.74, 6) is 0.238. The molecule has 1 aliphatic rings. The van der Waals surface area contributed by atoms with E-state index >= 15 is 0 Å². The van der Waals surface area contributed by atoms with Gasteiger partial charge in [-0.25, -0.2) is 0 Å². The molecule has 1 saturated heterocycles. The Balaban J connectivity index is 2.08. The van der Waals surface area contributed by atoms with Crippen LogP contribution in [0.2, 0.25) is 0 Å². The van der Waals surface area contributed by atoms with Crippen LogP contribution in [0.25, 0.3) is 0 Å². The van der Waals surface area contributed by atoms with Crippen LogP contribution in [0.15, 0.2) is 53.0 Å². The first-order valence-corrected chi connectivity index (χ1v) is 10.8. The molecule has 0 bridgehead atoms. The minimum Gasteiger partial charge on any atom is -0.493 e. The molecule has 28 heavy (non-hydrogen) atoms. The van der Waals surface area contributed by atoms with Crippen LogP contribution in [0.1, 0.15) is 31.4 Å². The molecule has 2 aromatic rings. The van der Waals surface area contributed by atoms with Gasteiger partial charge < -0.3 is 9.47 Å². The maximum absolute atomic E-state index is 12.9. The van der Waals surface area contributed by atoms with E-state index in [9.17, 15) is 9.59 Å². The predicted octanol–water partition coefficient (Wildman–Crippen LogP) is 5.58. The lowest BCUT2D eigenvalue weighted by molar-refractivity contribution is -0.140. The van der Waals surface area contributed by atoms with Crippen LogP contribution < -0.4 is 9.64 Å². The summed E-state index contributed by atoms with van der Waals surface area (Å²) >= 11 is 4.48. The summed E-state index contributed by atoms with van der Waals surface area (Å²) in [5.41, 5.74) is 1.52. The number of amides is 1. The monoisotopic (exact) mass is 463 g/mol. The first-order chi connectivity index (χ1) is 13.6. The molecule has 0 radical (unpaired) electrons. The van der Waals surface area contributed by atoms with Gasteiger partial charge in [0.1, 0.15) is 11.0 Å². The number of hydrogen-bond donors (Lipinski definition) is 0. The molecular weight excluding hydrogens is 442 g/mol. The standard InChI is InChI=1S/C21H22BrNO4S/c1-3-4-12-27-17-13-14(22)10-11-16(17)18-19(20(24)26-2)28-21(25)23(18)15-8-6-5-7-9-15/h5-11,13,18-19H,3-4,12H2,1-2H3/t18-,19+/m1/s1. The molecule has 0 N–H and O–H groups in total. The normalized spacial score (nSPS) is 19.0. The summed E-state index contributed by atoms with van der Waals surface area (Å²) < 4.78 is 11.9. The lowest BCUT2D eigenvalue weighted by atomic mass is 10.00. The third-order valence-electron chi connectivity index (χ3n) is 4.51. The fourth-order valence-corrected chi connectivity index (χ4v) is 4.61. The number of nitrogens with zero attached hydrogens (tertiary/aromatic N) is 1. The zero-order chi connectivity index (χ0) is 20.1. The van der Waals surface area contributed by atoms with Gasteiger partial charge in [0.15, 0.2) is 0 Å². The first kappa shape index (κ1) is 20.7. The molecule has 2 atom stereocenters. The number of thioether (sulfide) groups is 1. The van der Waals surface area contributed by atoms with Gasteiger partial charge in [0.05, 0.1) is 19.8 Å². The summed E-state index contributed by atoms with van der Waals surface area (Å²) in [4.78, 5) is 27.0. The van der Waals surface area contributed by atoms with Crippen LogP contribution in [0, 0.1) is 0 Å². The van der Waals surface area contributed by atoms with Crippen molar-refractivity contribution in [2.45, 2.75) is 31.1 Å². The second-order valence-corrected chi connectivity index (χ2v) is 8.37. The van der Waals surface area contributed by atoms with E-state index in [1.54, 1.807) is 4.90 Å². The smallest absolute Gasteiger partial charge is 0.321 e. The van der Waals surface area contributed by atoms with Crippen molar-refractivity contribution < 1.29 is 19.1 Å². The van der Waals surface area contributed by atoms with E-state index in [2.05, 4.69) is 22.9 Å². The number of para-hydroxylation sites is 1. The molecule has 2 aromatic carbocycles. The SMILES string of the molecule is CCCCOc1cc(Br)ccc1[C@@H]1[C@@H](C(=O)OC)SC(=O)N1c1ccccc1. The van der Waals surface area contributed by atoms with Crippen LogP contribution in [-0.4, -0.2) is 30.2 Å². The summed E-state index contributed by atoms with van der Waals surface area (Å²) in [6, 6.07) is 14.5. The number of rotatable bonds is 7. The van der Waals surface area contributed by atoms with Crippen LogP contribution in [0.4, 0.5) is 10.5 Å². The summed E-state index contributed by atoms with van der Waals surface area (Å²) in [6.45, 7) is 2.67. The number of carbonyl (C=O) groups is 2. The van der Waals surface area contributed by atoms with Crippen LogP contribution in [0.3, 0.4) is 0 Å². The molecule has 0 aromatic heterocycles. The Hall–Kier alpha value is -1.99. The van der Waals surface area contributed by atoms with Crippen molar-refractivity contribution in [3.05, 3.63) is 58.6 Å². The Morgan fingerprint density at radius 3 is 2.64 bits per heavy atom. The third kappa shape index (κ3) is 4.36. The van der Waals surface area contributed by atoms with Gasteiger partial charge in [-0.15, -0.1) is 0 Å². The molecule has 0 saturated carbocycles. The highest BCUT2D eigenvalue weighted by molar-refractivity contribution is 9.10. The van der Waals surface area contributed by atoms with Crippen molar-refractivity contribution in [3.8, 4) is 5.75 Å². The van der Waals surface area contributed by atoms with Gasteiger partial charge in [-0.3, -0.25) is 14.5 Å². The van der Waals surface area contributed by atoms with Crippen molar-refractivity contribution in [3.63, 3.8) is 0 Å². The number of methoxy groups -OCH3 is 1. The minimum atomic E-state index is -0.674. The number of anilines is 1. The Bertz CT molecular complexity index is 846. The molecule has 3 rings (SSSR count). The molecule has 0 spiro atoms. The van der Waals surface area contributed by atoms with Gasteiger partial charge in [-0.1, -0.05) is 53.5 Å². The number of esters is 1. The Morgan fingerprint density at radius 1 is 1.21 bits per heavy atom. The molecule has 1 fully saturated rings. The zero-order valence-corrected chi connectivity index (χ0v) is 18.2. The lowest BCUT2D eigenvalue weighted by Crippen LogP contribution is -2.33. The van der Waals surface area contributed by atoms with E-state index < -0.39 is 17.3 Å². The second-order valence-electron chi connectivity index (χ2n) is 6.36. The van der Waals surface area contributed by atoms with Crippen molar-refractivity contribution in [2.24, 2.45) is 0 Å². The Kier molecular flexibility index (Phi) is 7.02. The fourth-order valence-electron chi connectivity index (χ4n) is 3.13. The van der Waals surface area contributed by atoms with E-state index in [0.717, 1.165) is 40.3 Å². The van der Waals surface area contributed by atoms with Crippen LogP contribution in [-0.2, 0) is 9.53 Å². The number of carbonyl (C=O) groups excluding carboxylic acids is 2. The van der Waals surface area contributed by atoms with E-state index in [-0.39, 0.29) is 5.24 Å². The summed E-state index contributed by atoms with van der Waals surface area (Å²) in [5, 5.41) is -0.860. The second kappa shape index (κ2) is 9.47. The summed E-state index contributed by atoms with van der Waals surface area (Å²) in [7, 11) is 1.34. The van der Waals surface area contributed by atoms with E-state index in [1.807, 2.05) is 48.5 Å². The maximum Gasteiger partial charge on any atom is 0.321 e. The predicted molar refractivity (Wildman–Crippen MR) is 115 cm³/mol. The first-order valence-electron chi connectivity index (χ1n) is 9.11. The van der Waals surface area contributed by atoms with Gasteiger partial charge in [0.2, 0.25) is 0 Å². The van der Waals surface area contributed by atoms with Gasteiger partial charge >= 0.3 is 5.97 Å². The van der Waals surface area contributed by atoms with E-state index in [1.165, 1.54) is 7.11 Å². The molecule has 0 aliphatic carbocycles. The van der Waals surface area contributed by atoms with Crippen molar-refractivity contribution in [2.75, 3.05) is 18.6 Å². The average Bonchev–Trinajstić information content (AvgIpc) is 3.05. The van der Waals surface area contributed by atoms with Crippen LogP contribution >= 0.6 is 27.7 Å². The number of benzene rings is 2. The van der Waals surface area contributed by atoms with Crippen molar-refractivity contribution in [1.29, 1.82) is 0 Å². The minimum absolute atomic E-state index is 0.186. The molecule has 1 amide bonds. The molecule has 148 valence electrons. The van der Waals surface area contributed by atoms with Gasteiger partial charge in [-0.05, 0) is 42.4 Å². The zero-order valence-electron chi connectivity index (χ0n) is 15.8. The molecule has 0 unspecified atom stereocenters. The van der Waals surface area contributed by atoms with Gasteiger partial charge in [-0.2, -0.15) is 0 Å². The largest absolute Gasteiger partial charge is 0.493 e. The third-order valence-corrected chi connectivity index (χ3v) is 6.10. The lowest BCUT2D eigenvalue weighted by Gasteiger charge is -2.28.